The highest BCUT2D eigenvalue weighted by molar-refractivity contribution is 5.89. The molecule has 17 heavy (non-hydrogen) atoms. The number of allylic oxidation sites excluding steroid dienone is 1. The molecule has 0 heterocycles. The molecule has 2 heteroatoms. The molecule has 2 rings (SSSR count). The highest BCUT2D eigenvalue weighted by atomic mass is 19.1. The Morgan fingerprint density at radius 1 is 1.00 bits per heavy atom. The molecular weight excluding hydrogens is 213 g/mol. The van der Waals surface area contributed by atoms with Gasteiger partial charge in [-0.05, 0) is 17.7 Å². The van der Waals surface area contributed by atoms with Gasteiger partial charge in [-0.1, -0.05) is 48.5 Å². The lowest BCUT2D eigenvalue weighted by Crippen LogP contribution is -1.87. The smallest absolute Gasteiger partial charge is 0.131 e. The van der Waals surface area contributed by atoms with Gasteiger partial charge in [-0.2, -0.15) is 5.26 Å². The molecule has 0 aliphatic rings. The highest BCUT2D eigenvalue weighted by Crippen LogP contribution is 2.20. The van der Waals surface area contributed by atoms with Crippen LogP contribution in [0.15, 0.2) is 54.6 Å². The first-order chi connectivity index (χ1) is 8.31. The molecule has 0 spiro atoms. The molecule has 0 aromatic heterocycles. The summed E-state index contributed by atoms with van der Waals surface area (Å²) in [5, 5.41) is 9.08. The first kappa shape index (κ1) is 11.1. The Labute approximate surface area is 99.5 Å². The quantitative estimate of drug-likeness (QED) is 0.559. The van der Waals surface area contributed by atoms with Crippen molar-refractivity contribution in [2.24, 2.45) is 0 Å². The van der Waals surface area contributed by atoms with Crippen LogP contribution in [0.5, 0.6) is 0 Å². The molecule has 0 fully saturated rings. The minimum absolute atomic E-state index is 0.328. The minimum atomic E-state index is -0.378. The maximum absolute atomic E-state index is 13.5. The number of benzene rings is 2. The van der Waals surface area contributed by atoms with E-state index >= 15 is 0 Å². The molecule has 0 atom stereocenters. The number of nitriles is 1. The lowest BCUT2D eigenvalue weighted by Gasteiger charge is -2.01. The summed E-state index contributed by atoms with van der Waals surface area (Å²) in [5.41, 5.74) is 1.54. The van der Waals surface area contributed by atoms with Crippen molar-refractivity contribution in [3.05, 3.63) is 71.5 Å². The van der Waals surface area contributed by atoms with E-state index in [9.17, 15) is 4.39 Å². The Hall–Kier alpha value is -2.40. The standard InChI is InChI=1S/C15H10FN/c16-15-9-5-4-8-14(15)13(11-17)10-12-6-2-1-3-7-12/h1-10H/b13-10+. The van der Waals surface area contributed by atoms with Gasteiger partial charge in [0.05, 0.1) is 11.6 Å². The topological polar surface area (TPSA) is 23.8 Å². The lowest BCUT2D eigenvalue weighted by atomic mass is 10.0. The zero-order chi connectivity index (χ0) is 12.1. The molecule has 0 saturated carbocycles. The van der Waals surface area contributed by atoms with Gasteiger partial charge in [0.1, 0.15) is 5.82 Å². The van der Waals surface area contributed by atoms with Gasteiger partial charge in [0.15, 0.2) is 0 Å². The average Bonchev–Trinajstić information content (AvgIpc) is 2.38. The van der Waals surface area contributed by atoms with E-state index in [1.54, 1.807) is 24.3 Å². The number of nitrogens with zero attached hydrogens (tertiary/aromatic N) is 1. The average molecular weight is 223 g/mol. The highest BCUT2D eigenvalue weighted by Gasteiger charge is 2.06. The van der Waals surface area contributed by atoms with E-state index in [1.165, 1.54) is 6.07 Å². The molecule has 0 bridgehead atoms. The monoisotopic (exact) mass is 223 g/mol. The fourth-order valence-electron chi connectivity index (χ4n) is 1.57. The van der Waals surface area contributed by atoms with Crippen molar-refractivity contribution in [3.8, 4) is 6.07 Å². The van der Waals surface area contributed by atoms with Gasteiger partial charge in [-0.25, -0.2) is 4.39 Å². The largest absolute Gasteiger partial charge is 0.206 e. The number of hydrogen-bond acceptors (Lipinski definition) is 1. The Morgan fingerprint density at radius 3 is 2.29 bits per heavy atom. The first-order valence-electron chi connectivity index (χ1n) is 5.23. The second-order valence-corrected chi connectivity index (χ2v) is 3.56. The molecule has 0 aliphatic heterocycles. The van der Waals surface area contributed by atoms with Crippen molar-refractivity contribution in [3.63, 3.8) is 0 Å². The van der Waals surface area contributed by atoms with Crippen LogP contribution in [0.2, 0.25) is 0 Å². The van der Waals surface area contributed by atoms with E-state index in [-0.39, 0.29) is 5.82 Å². The second kappa shape index (κ2) is 5.09. The van der Waals surface area contributed by atoms with Gasteiger partial charge >= 0.3 is 0 Å². The van der Waals surface area contributed by atoms with Gasteiger partial charge in [0, 0.05) is 5.56 Å². The lowest BCUT2D eigenvalue weighted by molar-refractivity contribution is 0.624. The van der Waals surface area contributed by atoms with E-state index in [2.05, 4.69) is 0 Å². The van der Waals surface area contributed by atoms with E-state index in [0.717, 1.165) is 5.56 Å². The molecule has 0 saturated heterocycles. The van der Waals surface area contributed by atoms with Crippen LogP contribution in [-0.4, -0.2) is 0 Å². The third kappa shape index (κ3) is 2.59. The van der Waals surface area contributed by atoms with Crippen molar-refractivity contribution in [1.29, 1.82) is 5.26 Å². The summed E-state index contributed by atoms with van der Waals surface area (Å²) in [6.07, 6.45) is 1.68. The molecule has 0 unspecified atom stereocenters. The van der Waals surface area contributed by atoms with Gasteiger partial charge in [-0.15, -0.1) is 0 Å². The summed E-state index contributed by atoms with van der Waals surface area (Å²) in [6, 6.07) is 17.7. The number of rotatable bonds is 2. The van der Waals surface area contributed by atoms with Crippen LogP contribution in [0.1, 0.15) is 11.1 Å². The fraction of sp³-hybridized carbons (Fsp3) is 0. The third-order valence-corrected chi connectivity index (χ3v) is 2.40. The summed E-state index contributed by atoms with van der Waals surface area (Å²) < 4.78 is 13.5. The zero-order valence-corrected chi connectivity index (χ0v) is 9.10. The molecule has 0 amide bonds. The minimum Gasteiger partial charge on any atom is -0.206 e. The van der Waals surface area contributed by atoms with Crippen LogP contribution in [0, 0.1) is 17.1 Å². The van der Waals surface area contributed by atoms with Crippen LogP contribution in [0.3, 0.4) is 0 Å². The van der Waals surface area contributed by atoms with E-state index in [0.29, 0.717) is 11.1 Å². The second-order valence-electron chi connectivity index (χ2n) is 3.56. The van der Waals surface area contributed by atoms with E-state index in [4.69, 9.17) is 5.26 Å². The summed E-state index contributed by atoms with van der Waals surface area (Å²) >= 11 is 0. The molecule has 2 aromatic rings. The van der Waals surface area contributed by atoms with Crippen LogP contribution >= 0.6 is 0 Å². The Bertz CT molecular complexity index is 579. The van der Waals surface area contributed by atoms with Crippen molar-refractivity contribution >= 4 is 11.6 Å². The summed E-state index contributed by atoms with van der Waals surface area (Å²) in [7, 11) is 0. The Balaban J connectivity index is 2.46. The SMILES string of the molecule is N#C/C(=C\c1ccccc1)c1ccccc1F. The molecule has 1 nitrogen and oxygen atoms in total. The number of halogens is 1. The summed E-state index contributed by atoms with van der Waals surface area (Å²) in [5.74, 6) is -0.378. The van der Waals surface area contributed by atoms with Crippen molar-refractivity contribution < 1.29 is 4.39 Å². The first-order valence-corrected chi connectivity index (χ1v) is 5.23. The third-order valence-electron chi connectivity index (χ3n) is 2.40. The maximum atomic E-state index is 13.5. The van der Waals surface area contributed by atoms with Crippen molar-refractivity contribution in [1.82, 2.24) is 0 Å². The van der Waals surface area contributed by atoms with Crippen LogP contribution in [0.25, 0.3) is 11.6 Å². The van der Waals surface area contributed by atoms with Gasteiger partial charge < -0.3 is 0 Å². The van der Waals surface area contributed by atoms with Crippen molar-refractivity contribution in [2.75, 3.05) is 0 Å². The number of hydrogen-bond donors (Lipinski definition) is 0. The molecule has 0 radical (unpaired) electrons. The van der Waals surface area contributed by atoms with Gasteiger partial charge in [-0.3, -0.25) is 0 Å². The van der Waals surface area contributed by atoms with E-state index in [1.807, 2.05) is 36.4 Å². The zero-order valence-electron chi connectivity index (χ0n) is 9.10. The van der Waals surface area contributed by atoms with Crippen molar-refractivity contribution in [2.45, 2.75) is 0 Å². The normalized spacial score (nSPS) is 10.9. The predicted octanol–water partition coefficient (Wildman–Crippen LogP) is 3.89. The van der Waals surface area contributed by atoms with Crippen LogP contribution < -0.4 is 0 Å². The van der Waals surface area contributed by atoms with Crippen LogP contribution in [-0.2, 0) is 0 Å². The molecule has 0 aliphatic carbocycles. The molecule has 2 aromatic carbocycles. The Morgan fingerprint density at radius 2 is 1.65 bits per heavy atom. The molecule has 0 N–H and O–H groups in total. The fourth-order valence-corrected chi connectivity index (χ4v) is 1.57. The summed E-state index contributed by atoms with van der Waals surface area (Å²) in [6.45, 7) is 0. The van der Waals surface area contributed by atoms with Gasteiger partial charge in [0.2, 0.25) is 0 Å². The predicted molar refractivity (Wildman–Crippen MR) is 66.3 cm³/mol. The van der Waals surface area contributed by atoms with Gasteiger partial charge in [0.25, 0.3) is 0 Å². The molecule has 82 valence electrons. The van der Waals surface area contributed by atoms with E-state index < -0.39 is 0 Å². The Kier molecular flexibility index (Phi) is 3.32. The molecular formula is C15H10FN. The summed E-state index contributed by atoms with van der Waals surface area (Å²) in [4.78, 5) is 0. The van der Waals surface area contributed by atoms with Crippen LogP contribution in [0.4, 0.5) is 4.39 Å². The maximum Gasteiger partial charge on any atom is 0.131 e.